The van der Waals surface area contributed by atoms with Gasteiger partial charge >= 0.3 is 0 Å². The van der Waals surface area contributed by atoms with Gasteiger partial charge in [0.1, 0.15) is 16.9 Å². The number of hydrogen-bond donors (Lipinski definition) is 1. The molecule has 0 atom stereocenters. The Bertz CT molecular complexity index is 1390. The predicted molar refractivity (Wildman–Crippen MR) is 107 cm³/mol. The summed E-state index contributed by atoms with van der Waals surface area (Å²) in [5, 5.41) is 8.77. The van der Waals surface area contributed by atoms with Crippen molar-refractivity contribution in [2.45, 2.75) is 0 Å². The van der Waals surface area contributed by atoms with Crippen LogP contribution in [0.3, 0.4) is 0 Å². The van der Waals surface area contributed by atoms with Gasteiger partial charge in [-0.15, -0.1) is 0 Å². The normalized spacial score (nSPS) is 11.4. The zero-order chi connectivity index (χ0) is 20.1. The van der Waals surface area contributed by atoms with E-state index in [0.717, 1.165) is 28.2 Å². The fourth-order valence-corrected chi connectivity index (χ4v) is 3.61. The molecular formula is C20H17N7O2. The number of fused-ring (bicyclic) bond motifs is 2. The molecule has 0 fully saturated rings. The average Bonchev–Trinajstić information content (AvgIpc) is 3.44. The molecule has 0 saturated carbocycles. The number of carbonyl (C=O) groups is 1. The Morgan fingerprint density at radius 3 is 2.76 bits per heavy atom. The van der Waals surface area contributed by atoms with Gasteiger partial charge in [-0.1, -0.05) is 6.07 Å². The number of pyridine rings is 2. The second-order valence-corrected chi connectivity index (χ2v) is 6.63. The van der Waals surface area contributed by atoms with Crippen molar-refractivity contribution in [1.29, 1.82) is 0 Å². The Morgan fingerprint density at radius 1 is 1.17 bits per heavy atom. The highest BCUT2D eigenvalue weighted by atomic mass is 16.5. The first kappa shape index (κ1) is 17.0. The van der Waals surface area contributed by atoms with Gasteiger partial charge in [-0.25, -0.2) is 9.50 Å². The highest BCUT2D eigenvalue weighted by Gasteiger charge is 2.24. The summed E-state index contributed by atoms with van der Waals surface area (Å²) in [6, 6.07) is 7.65. The topological polar surface area (TPSA) is 105 Å². The van der Waals surface area contributed by atoms with Crippen molar-refractivity contribution in [3.8, 4) is 28.3 Å². The van der Waals surface area contributed by atoms with E-state index >= 15 is 0 Å². The second kappa shape index (κ2) is 6.20. The number of primary amides is 1. The standard InChI is InChI=1S/C20H17N7O2/c1-25-11-12(8-23-25)13-7-16(29-2)19-14(20(21)28)9-24-27(19)18(13)15-10-22-17-5-3-4-6-26(15)17/h3-11H,1-2H3,(H2,21,28). The molecule has 0 aliphatic heterocycles. The van der Waals surface area contributed by atoms with Gasteiger partial charge in [0.25, 0.3) is 5.91 Å². The number of methoxy groups -OCH3 is 1. The lowest BCUT2D eigenvalue weighted by Crippen LogP contribution is -2.11. The molecule has 144 valence electrons. The molecule has 0 saturated heterocycles. The van der Waals surface area contributed by atoms with E-state index < -0.39 is 5.91 Å². The van der Waals surface area contributed by atoms with Crippen molar-refractivity contribution < 1.29 is 9.53 Å². The van der Waals surface area contributed by atoms with Gasteiger partial charge in [0.15, 0.2) is 0 Å². The lowest BCUT2D eigenvalue weighted by Gasteiger charge is -2.14. The Kier molecular flexibility index (Phi) is 3.63. The first-order chi connectivity index (χ1) is 14.1. The zero-order valence-corrected chi connectivity index (χ0v) is 15.8. The zero-order valence-electron chi connectivity index (χ0n) is 15.8. The molecule has 5 heterocycles. The Morgan fingerprint density at radius 2 is 2.03 bits per heavy atom. The molecule has 0 aliphatic rings. The van der Waals surface area contributed by atoms with Gasteiger partial charge in [0.2, 0.25) is 0 Å². The van der Waals surface area contributed by atoms with Crippen molar-refractivity contribution in [2.75, 3.05) is 7.11 Å². The molecule has 0 aromatic carbocycles. The van der Waals surface area contributed by atoms with Crippen molar-refractivity contribution in [3.05, 3.63) is 60.8 Å². The summed E-state index contributed by atoms with van der Waals surface area (Å²) < 4.78 is 11.0. The molecule has 9 nitrogen and oxygen atoms in total. The maximum atomic E-state index is 12.0. The lowest BCUT2D eigenvalue weighted by molar-refractivity contribution is 0.100. The van der Waals surface area contributed by atoms with Crippen LogP contribution >= 0.6 is 0 Å². The third-order valence-corrected chi connectivity index (χ3v) is 4.91. The summed E-state index contributed by atoms with van der Waals surface area (Å²) in [5.41, 5.74) is 10.5. The van der Waals surface area contributed by atoms with Crippen LogP contribution in [-0.2, 0) is 7.05 Å². The smallest absolute Gasteiger partial charge is 0.252 e. The summed E-state index contributed by atoms with van der Waals surface area (Å²) in [7, 11) is 3.40. The number of nitrogens with zero attached hydrogens (tertiary/aromatic N) is 6. The third-order valence-electron chi connectivity index (χ3n) is 4.91. The van der Waals surface area contributed by atoms with E-state index in [1.54, 1.807) is 28.7 Å². The summed E-state index contributed by atoms with van der Waals surface area (Å²) in [4.78, 5) is 16.5. The van der Waals surface area contributed by atoms with E-state index in [2.05, 4.69) is 15.2 Å². The fourth-order valence-electron chi connectivity index (χ4n) is 3.61. The van der Waals surface area contributed by atoms with E-state index in [4.69, 9.17) is 10.5 Å². The van der Waals surface area contributed by atoms with Crippen LogP contribution in [0.5, 0.6) is 5.75 Å². The average molecular weight is 387 g/mol. The maximum absolute atomic E-state index is 12.0. The number of aromatic nitrogens is 6. The van der Waals surface area contributed by atoms with Crippen LogP contribution in [0, 0.1) is 0 Å². The number of ether oxygens (including phenoxy) is 1. The van der Waals surface area contributed by atoms with Crippen LogP contribution < -0.4 is 10.5 Å². The molecule has 5 rings (SSSR count). The van der Waals surface area contributed by atoms with Gasteiger partial charge in [-0.3, -0.25) is 13.9 Å². The summed E-state index contributed by atoms with van der Waals surface area (Å²) in [5.74, 6) is -0.0794. The summed E-state index contributed by atoms with van der Waals surface area (Å²) in [6.45, 7) is 0. The van der Waals surface area contributed by atoms with Gasteiger partial charge < -0.3 is 10.5 Å². The number of imidazole rings is 1. The fraction of sp³-hybridized carbons (Fsp3) is 0.100. The molecule has 2 N–H and O–H groups in total. The quantitative estimate of drug-likeness (QED) is 0.509. The minimum Gasteiger partial charge on any atom is -0.494 e. The summed E-state index contributed by atoms with van der Waals surface area (Å²) >= 11 is 0. The van der Waals surface area contributed by atoms with Crippen molar-refractivity contribution in [2.24, 2.45) is 12.8 Å². The van der Waals surface area contributed by atoms with Crippen LogP contribution in [0.15, 0.2) is 55.2 Å². The molecular weight excluding hydrogens is 370 g/mol. The Balaban J connectivity index is 1.95. The number of carbonyl (C=O) groups excluding carboxylic acids is 1. The van der Waals surface area contributed by atoms with Crippen LogP contribution in [0.25, 0.3) is 33.7 Å². The molecule has 9 heteroatoms. The second-order valence-electron chi connectivity index (χ2n) is 6.63. The Hall–Kier alpha value is -4.14. The molecule has 5 aromatic rings. The summed E-state index contributed by atoms with van der Waals surface area (Å²) in [6.07, 6.45) is 8.85. The van der Waals surface area contributed by atoms with Crippen LogP contribution in [0.2, 0.25) is 0 Å². The minimum absolute atomic E-state index is 0.287. The molecule has 1 amide bonds. The third kappa shape index (κ3) is 2.48. The van der Waals surface area contributed by atoms with E-state index in [0.29, 0.717) is 11.3 Å². The van der Waals surface area contributed by atoms with Crippen molar-refractivity contribution in [1.82, 2.24) is 28.8 Å². The van der Waals surface area contributed by atoms with E-state index in [1.165, 1.54) is 6.20 Å². The molecule has 0 radical (unpaired) electrons. The van der Waals surface area contributed by atoms with Crippen LogP contribution in [-0.4, -0.2) is 41.8 Å². The number of rotatable bonds is 4. The minimum atomic E-state index is -0.573. The largest absolute Gasteiger partial charge is 0.494 e. The molecule has 0 bridgehead atoms. The highest BCUT2D eigenvalue weighted by Crippen LogP contribution is 2.38. The maximum Gasteiger partial charge on any atom is 0.252 e. The van der Waals surface area contributed by atoms with Crippen LogP contribution in [0.1, 0.15) is 10.4 Å². The number of aryl methyl sites for hydroxylation is 1. The van der Waals surface area contributed by atoms with Gasteiger partial charge in [0.05, 0.1) is 42.7 Å². The number of hydrogen-bond acceptors (Lipinski definition) is 5. The number of nitrogens with two attached hydrogens (primary N) is 1. The predicted octanol–water partition coefficient (Wildman–Crippen LogP) is 2.16. The van der Waals surface area contributed by atoms with Crippen molar-refractivity contribution >= 4 is 17.1 Å². The SMILES string of the molecule is COc1cc(-c2cnn(C)c2)c(-c2cnc3ccccn23)n2ncc(C(N)=O)c12. The van der Waals surface area contributed by atoms with E-state index in [1.807, 2.05) is 48.1 Å². The first-order valence-corrected chi connectivity index (χ1v) is 8.88. The van der Waals surface area contributed by atoms with Crippen molar-refractivity contribution in [3.63, 3.8) is 0 Å². The molecule has 29 heavy (non-hydrogen) atoms. The highest BCUT2D eigenvalue weighted by molar-refractivity contribution is 6.02. The van der Waals surface area contributed by atoms with Gasteiger partial charge in [-0.2, -0.15) is 10.2 Å². The van der Waals surface area contributed by atoms with Gasteiger partial charge in [-0.05, 0) is 18.2 Å². The molecule has 0 spiro atoms. The van der Waals surface area contributed by atoms with Crippen LogP contribution in [0.4, 0.5) is 0 Å². The van der Waals surface area contributed by atoms with E-state index in [-0.39, 0.29) is 5.56 Å². The van der Waals surface area contributed by atoms with Gasteiger partial charge in [0, 0.05) is 30.6 Å². The lowest BCUT2D eigenvalue weighted by atomic mass is 10.0. The monoisotopic (exact) mass is 387 g/mol. The first-order valence-electron chi connectivity index (χ1n) is 8.88. The molecule has 5 aromatic heterocycles. The Labute approximate surface area is 165 Å². The molecule has 0 unspecified atom stereocenters. The van der Waals surface area contributed by atoms with E-state index in [9.17, 15) is 4.79 Å². The molecule has 0 aliphatic carbocycles. The number of amides is 1.